The second-order valence-electron chi connectivity index (χ2n) is 10.3. The Morgan fingerprint density at radius 1 is 1.07 bits per heavy atom. The van der Waals surface area contributed by atoms with Gasteiger partial charge in [-0.25, -0.2) is 9.97 Å². The summed E-state index contributed by atoms with van der Waals surface area (Å²) in [6.07, 6.45) is 3.97. The van der Waals surface area contributed by atoms with E-state index >= 15 is 0 Å². The number of nitrogens with one attached hydrogen (secondary N) is 2. The fourth-order valence-electron chi connectivity index (χ4n) is 5.07. The Bertz CT molecular complexity index is 1650. The minimum Gasteiger partial charge on any atom is -0.436 e. The van der Waals surface area contributed by atoms with E-state index in [4.69, 9.17) is 25.6 Å². The van der Waals surface area contributed by atoms with E-state index in [2.05, 4.69) is 20.5 Å². The van der Waals surface area contributed by atoms with Gasteiger partial charge in [-0.1, -0.05) is 18.2 Å². The number of nitrogen functional groups attached to an aromatic ring is 1. The van der Waals surface area contributed by atoms with Crippen LogP contribution in [0.5, 0.6) is 0 Å². The Hall–Kier alpha value is -4.68. The highest BCUT2D eigenvalue weighted by atomic mass is 16.5. The summed E-state index contributed by atoms with van der Waals surface area (Å²) >= 11 is 0. The largest absolute Gasteiger partial charge is 0.436 e. The predicted molar refractivity (Wildman–Crippen MR) is 161 cm³/mol. The first-order valence-electron chi connectivity index (χ1n) is 13.8. The van der Waals surface area contributed by atoms with Gasteiger partial charge in [0.1, 0.15) is 0 Å². The number of carbonyl (C=O) groups is 2. The normalized spacial score (nSPS) is 14.1. The lowest BCUT2D eigenvalue weighted by Gasteiger charge is -2.27. The molecule has 0 atom stereocenters. The second-order valence-corrected chi connectivity index (χ2v) is 10.3. The number of carbonyl (C=O) groups excluding carboxylic acids is 2. The molecule has 0 aliphatic carbocycles. The van der Waals surface area contributed by atoms with Gasteiger partial charge < -0.3 is 30.5 Å². The summed E-state index contributed by atoms with van der Waals surface area (Å²) in [5.41, 5.74) is 17.5. The average Bonchev–Trinajstić information content (AvgIpc) is 3.48. The fraction of sp³-hybridized carbons (Fsp3) is 0.333. The molecule has 0 bridgehead atoms. The quantitative estimate of drug-likeness (QED) is 0.165. The van der Waals surface area contributed by atoms with Gasteiger partial charge >= 0.3 is 0 Å². The summed E-state index contributed by atoms with van der Waals surface area (Å²) in [6.45, 7) is 9.70. The van der Waals surface area contributed by atoms with E-state index in [0.29, 0.717) is 67.1 Å². The van der Waals surface area contributed by atoms with Gasteiger partial charge in [0, 0.05) is 45.2 Å². The number of primary amides is 1. The van der Waals surface area contributed by atoms with Crippen LogP contribution in [0.25, 0.3) is 11.0 Å². The standard InChI is InChI=1S/C30H36N8O4/c1-18-6-7-24(23(31)14-18)33-8-4-5-9-38-26-22(17-37-10-12-41-13-11-37)15-21(28(32)39)16-25(26)35-30(38)36-29(40)27-19(2)34-20(3)42-27/h4-7,14-16,33H,8-13,17,31H2,1-3H3,(H2,32,39)(H,35,36,40)/b5-4+. The molecule has 12 heteroatoms. The molecule has 1 aliphatic heterocycles. The summed E-state index contributed by atoms with van der Waals surface area (Å²) in [4.78, 5) is 36.6. The molecule has 1 aliphatic rings. The molecule has 3 heterocycles. The summed E-state index contributed by atoms with van der Waals surface area (Å²) in [5, 5.41) is 6.22. The van der Waals surface area contributed by atoms with Gasteiger partial charge in [0.25, 0.3) is 5.91 Å². The minimum absolute atomic E-state index is 0.118. The molecule has 0 spiro atoms. The molecule has 1 fully saturated rings. The smallest absolute Gasteiger partial charge is 0.295 e. The average molecular weight is 573 g/mol. The van der Waals surface area contributed by atoms with Crippen LogP contribution in [0.2, 0.25) is 0 Å². The topological polar surface area (TPSA) is 167 Å². The van der Waals surface area contributed by atoms with Crippen LogP contribution < -0.4 is 22.1 Å². The van der Waals surface area contributed by atoms with Crippen molar-refractivity contribution in [3.05, 3.63) is 76.5 Å². The van der Waals surface area contributed by atoms with Gasteiger partial charge in [-0.05, 0) is 49.2 Å². The van der Waals surface area contributed by atoms with E-state index in [1.54, 1.807) is 26.0 Å². The van der Waals surface area contributed by atoms with Gasteiger partial charge in [0.05, 0.1) is 41.3 Å². The number of fused-ring (bicyclic) bond motifs is 1. The summed E-state index contributed by atoms with van der Waals surface area (Å²) in [5.74, 6) is -0.180. The number of anilines is 3. The molecule has 2 aromatic carbocycles. The highest BCUT2D eigenvalue weighted by Crippen LogP contribution is 2.28. The Balaban J connectivity index is 1.48. The number of hydrogen-bond acceptors (Lipinski definition) is 9. The lowest BCUT2D eigenvalue weighted by molar-refractivity contribution is 0.0343. The number of ether oxygens (including phenoxy) is 1. The maximum absolute atomic E-state index is 13.2. The maximum Gasteiger partial charge on any atom is 0.295 e. The number of rotatable bonds is 10. The van der Waals surface area contributed by atoms with Crippen molar-refractivity contribution in [2.24, 2.45) is 5.73 Å². The van der Waals surface area contributed by atoms with Gasteiger partial charge in [0.15, 0.2) is 5.89 Å². The third-order valence-corrected chi connectivity index (χ3v) is 7.11. The predicted octanol–water partition coefficient (Wildman–Crippen LogP) is 3.38. The van der Waals surface area contributed by atoms with E-state index in [1.165, 1.54) is 0 Å². The zero-order valence-corrected chi connectivity index (χ0v) is 24.1. The first kappa shape index (κ1) is 28.8. The van der Waals surface area contributed by atoms with Crippen molar-refractivity contribution < 1.29 is 18.7 Å². The second kappa shape index (κ2) is 12.5. The van der Waals surface area contributed by atoms with Crippen LogP contribution in [-0.2, 0) is 17.8 Å². The molecular formula is C30H36N8O4. The van der Waals surface area contributed by atoms with Crippen LogP contribution in [0.15, 0.2) is 46.9 Å². The lowest BCUT2D eigenvalue weighted by atomic mass is 10.1. The number of morpholine rings is 1. The number of oxazole rings is 1. The van der Waals surface area contributed by atoms with E-state index in [1.807, 2.05) is 41.8 Å². The lowest BCUT2D eigenvalue weighted by Crippen LogP contribution is -2.35. The van der Waals surface area contributed by atoms with E-state index < -0.39 is 11.8 Å². The van der Waals surface area contributed by atoms with Gasteiger partial charge in [-0.2, -0.15) is 0 Å². The molecule has 12 nitrogen and oxygen atoms in total. The van der Waals surface area contributed by atoms with Crippen molar-refractivity contribution in [3.8, 4) is 0 Å². The Kier molecular flexibility index (Phi) is 8.55. The van der Waals surface area contributed by atoms with Crippen LogP contribution in [0.1, 0.15) is 43.6 Å². The maximum atomic E-state index is 13.2. The Morgan fingerprint density at radius 3 is 2.55 bits per heavy atom. The number of benzene rings is 2. The van der Waals surface area contributed by atoms with Crippen molar-refractivity contribution in [2.45, 2.75) is 33.9 Å². The highest BCUT2D eigenvalue weighted by Gasteiger charge is 2.23. The molecule has 1 saturated heterocycles. The Labute approximate surface area is 243 Å². The SMILES string of the molecule is Cc1ccc(NC/C=C/Cn2c(NC(=O)c3oc(C)nc3C)nc3cc(C(N)=O)cc(CN4CCOCC4)c32)c(N)c1. The molecular weight excluding hydrogens is 536 g/mol. The molecule has 2 amide bonds. The highest BCUT2D eigenvalue weighted by molar-refractivity contribution is 6.03. The molecule has 220 valence electrons. The Morgan fingerprint density at radius 2 is 1.86 bits per heavy atom. The first-order chi connectivity index (χ1) is 20.2. The van der Waals surface area contributed by atoms with Crippen LogP contribution in [-0.4, -0.2) is 64.1 Å². The molecule has 5 rings (SSSR count). The number of nitrogens with two attached hydrogens (primary N) is 2. The molecule has 0 radical (unpaired) electrons. The third kappa shape index (κ3) is 6.45. The first-order valence-corrected chi connectivity index (χ1v) is 13.8. The van der Waals surface area contributed by atoms with Crippen LogP contribution in [0.4, 0.5) is 17.3 Å². The monoisotopic (exact) mass is 572 g/mol. The van der Waals surface area contributed by atoms with Crippen LogP contribution in [0, 0.1) is 20.8 Å². The summed E-state index contributed by atoms with van der Waals surface area (Å²) < 4.78 is 13.0. The molecule has 42 heavy (non-hydrogen) atoms. The zero-order valence-electron chi connectivity index (χ0n) is 24.1. The minimum atomic E-state index is -0.547. The van der Waals surface area contributed by atoms with Crippen molar-refractivity contribution >= 4 is 40.2 Å². The number of nitrogens with zero attached hydrogens (tertiary/aromatic N) is 4. The van der Waals surface area contributed by atoms with Gasteiger partial charge in [0.2, 0.25) is 17.6 Å². The van der Waals surface area contributed by atoms with Crippen LogP contribution in [0.3, 0.4) is 0 Å². The number of aromatic nitrogens is 3. The number of hydrogen-bond donors (Lipinski definition) is 4. The van der Waals surface area contributed by atoms with Crippen molar-refractivity contribution in [1.82, 2.24) is 19.4 Å². The molecule has 4 aromatic rings. The molecule has 0 unspecified atom stereocenters. The molecule has 2 aromatic heterocycles. The fourth-order valence-corrected chi connectivity index (χ4v) is 5.07. The van der Waals surface area contributed by atoms with Crippen molar-refractivity contribution in [3.63, 3.8) is 0 Å². The van der Waals surface area contributed by atoms with Gasteiger partial charge in [-0.15, -0.1) is 0 Å². The van der Waals surface area contributed by atoms with Crippen molar-refractivity contribution in [1.29, 1.82) is 0 Å². The number of aryl methyl sites for hydroxylation is 3. The summed E-state index contributed by atoms with van der Waals surface area (Å²) in [6, 6.07) is 9.34. The third-order valence-electron chi connectivity index (χ3n) is 7.11. The summed E-state index contributed by atoms with van der Waals surface area (Å²) in [7, 11) is 0. The zero-order chi connectivity index (χ0) is 29.8. The number of allylic oxidation sites excluding steroid dienone is 1. The van der Waals surface area contributed by atoms with E-state index in [9.17, 15) is 9.59 Å². The molecule has 6 N–H and O–H groups in total. The van der Waals surface area contributed by atoms with Crippen LogP contribution >= 0.6 is 0 Å². The van der Waals surface area contributed by atoms with E-state index in [-0.39, 0.29) is 5.76 Å². The van der Waals surface area contributed by atoms with Gasteiger partial charge in [-0.3, -0.25) is 19.8 Å². The number of imidazole rings is 1. The van der Waals surface area contributed by atoms with E-state index in [0.717, 1.165) is 35.4 Å². The van der Waals surface area contributed by atoms with Crippen molar-refractivity contribution in [2.75, 3.05) is 49.2 Å². The number of amides is 2. The molecule has 0 saturated carbocycles.